The van der Waals surface area contributed by atoms with E-state index in [4.69, 9.17) is 4.74 Å². The zero-order valence-corrected chi connectivity index (χ0v) is 19.7. The molecule has 2 aromatic rings. The number of aromatic nitrogens is 1. The van der Waals surface area contributed by atoms with Gasteiger partial charge in [0.05, 0.1) is 18.2 Å². The second-order valence-electron chi connectivity index (χ2n) is 7.87. The number of pyridine rings is 1. The average Bonchev–Trinajstić information content (AvgIpc) is 2.85. The molecule has 1 aromatic carbocycles. The van der Waals surface area contributed by atoms with Crippen molar-refractivity contribution < 1.29 is 14.3 Å². The van der Waals surface area contributed by atoms with E-state index in [9.17, 15) is 9.59 Å². The number of anilines is 1. The molecule has 1 atom stereocenters. The largest absolute Gasteiger partial charge is 0.463 e. The van der Waals surface area contributed by atoms with Gasteiger partial charge in [-0.15, -0.1) is 11.8 Å². The lowest BCUT2D eigenvalue weighted by atomic mass is 9.95. The fraction of sp³-hybridized carbons (Fsp3) is 0.375. The Hall–Kier alpha value is -3.04. The van der Waals surface area contributed by atoms with E-state index in [0.717, 1.165) is 42.5 Å². The fourth-order valence-electron chi connectivity index (χ4n) is 4.14. The van der Waals surface area contributed by atoms with Crippen LogP contribution >= 0.6 is 11.8 Å². The maximum absolute atomic E-state index is 13.0. The Kier molecular flexibility index (Phi) is 7.51. The highest BCUT2D eigenvalue weighted by Gasteiger charge is 2.34. The van der Waals surface area contributed by atoms with Crippen LogP contribution in [0, 0.1) is 0 Å². The van der Waals surface area contributed by atoms with Crippen molar-refractivity contribution in [3.8, 4) is 0 Å². The Morgan fingerprint density at radius 2 is 1.91 bits per heavy atom. The summed E-state index contributed by atoms with van der Waals surface area (Å²) in [5, 5.41) is 5.78. The summed E-state index contributed by atoms with van der Waals surface area (Å²) in [5.74, 6) is 0.554. The summed E-state index contributed by atoms with van der Waals surface area (Å²) < 4.78 is 5.38. The number of nitrogens with zero attached hydrogens (tertiary/aromatic N) is 3. The van der Waals surface area contributed by atoms with Gasteiger partial charge in [0.25, 0.3) is 0 Å². The van der Waals surface area contributed by atoms with Gasteiger partial charge >= 0.3 is 12.0 Å². The van der Waals surface area contributed by atoms with Crippen molar-refractivity contribution in [1.29, 1.82) is 0 Å². The molecule has 0 aliphatic carbocycles. The molecule has 1 saturated heterocycles. The van der Waals surface area contributed by atoms with E-state index in [0.29, 0.717) is 17.8 Å². The predicted octanol–water partition coefficient (Wildman–Crippen LogP) is 2.80. The van der Waals surface area contributed by atoms with Crippen LogP contribution in [0.1, 0.15) is 18.5 Å². The van der Waals surface area contributed by atoms with E-state index >= 15 is 0 Å². The number of carbonyl (C=O) groups excluding carboxylic acids is 2. The van der Waals surface area contributed by atoms with Crippen LogP contribution in [0.4, 0.5) is 10.6 Å². The van der Waals surface area contributed by atoms with Crippen LogP contribution < -0.4 is 15.5 Å². The highest BCUT2D eigenvalue weighted by atomic mass is 32.2. The molecule has 33 heavy (non-hydrogen) atoms. The summed E-state index contributed by atoms with van der Waals surface area (Å²) in [4.78, 5) is 35.6. The molecule has 1 aromatic heterocycles. The van der Waals surface area contributed by atoms with Crippen molar-refractivity contribution in [3.63, 3.8) is 0 Å². The molecule has 0 radical (unpaired) electrons. The summed E-state index contributed by atoms with van der Waals surface area (Å²) in [5.41, 5.74) is 1.91. The number of hydrogen-bond acceptors (Lipinski definition) is 7. The van der Waals surface area contributed by atoms with Crippen LogP contribution in [0.15, 0.2) is 64.8 Å². The van der Waals surface area contributed by atoms with Crippen LogP contribution in [0.25, 0.3) is 0 Å². The van der Waals surface area contributed by atoms with E-state index in [2.05, 4.69) is 25.4 Å². The van der Waals surface area contributed by atoms with Gasteiger partial charge in [-0.3, -0.25) is 4.90 Å². The Bertz CT molecular complexity index is 1000. The van der Waals surface area contributed by atoms with Crippen LogP contribution in [-0.4, -0.2) is 67.5 Å². The predicted molar refractivity (Wildman–Crippen MR) is 129 cm³/mol. The second-order valence-corrected chi connectivity index (χ2v) is 8.75. The molecule has 0 spiro atoms. The molecule has 2 aliphatic rings. The van der Waals surface area contributed by atoms with Crippen LogP contribution in [0.2, 0.25) is 0 Å². The molecule has 4 rings (SSSR count). The zero-order chi connectivity index (χ0) is 23.2. The van der Waals surface area contributed by atoms with Gasteiger partial charge in [-0.25, -0.2) is 14.6 Å². The zero-order valence-electron chi connectivity index (χ0n) is 18.9. The first-order valence-electron chi connectivity index (χ1n) is 11.1. The van der Waals surface area contributed by atoms with Crippen molar-refractivity contribution in [1.82, 2.24) is 20.5 Å². The van der Waals surface area contributed by atoms with Gasteiger partial charge in [0.15, 0.2) is 0 Å². The lowest BCUT2D eigenvalue weighted by molar-refractivity contribution is -0.139. The van der Waals surface area contributed by atoms with E-state index in [-0.39, 0.29) is 12.6 Å². The quantitative estimate of drug-likeness (QED) is 0.478. The summed E-state index contributed by atoms with van der Waals surface area (Å²) in [7, 11) is 0. The summed E-state index contributed by atoms with van der Waals surface area (Å²) in [6.07, 6.45) is 3.81. The summed E-state index contributed by atoms with van der Waals surface area (Å²) >= 11 is 1.64. The Morgan fingerprint density at radius 3 is 2.55 bits per heavy atom. The molecular formula is C24H29N5O3S. The van der Waals surface area contributed by atoms with Gasteiger partial charge in [0.2, 0.25) is 0 Å². The number of rotatable bonds is 7. The standard InChI is InChI=1S/C24H29N5O3S/c1-3-32-23(30)21-19(16-28-12-14-29(15-13-28)20-6-4-5-11-25-20)26-24(31)27-22(21)17-7-9-18(33-2)10-8-17/h4-11,22H,3,12-16H2,1-2H3,(H2,26,27,31)/t22-/m1/s1. The van der Waals surface area contributed by atoms with Crippen molar-refractivity contribution in [2.24, 2.45) is 0 Å². The number of thioether (sulfide) groups is 1. The number of carbonyl (C=O) groups is 2. The minimum Gasteiger partial charge on any atom is -0.463 e. The molecule has 0 bridgehead atoms. The number of ether oxygens (including phenoxy) is 1. The Balaban J connectivity index is 1.56. The molecule has 2 N–H and O–H groups in total. The van der Waals surface area contributed by atoms with Crippen molar-refractivity contribution in [3.05, 3.63) is 65.5 Å². The molecule has 9 heteroatoms. The van der Waals surface area contributed by atoms with E-state index in [1.807, 2.05) is 48.7 Å². The third-order valence-electron chi connectivity index (χ3n) is 5.83. The molecule has 0 unspecified atom stereocenters. The van der Waals surface area contributed by atoms with Crippen molar-refractivity contribution in [2.45, 2.75) is 17.9 Å². The monoisotopic (exact) mass is 467 g/mol. The topological polar surface area (TPSA) is 86.8 Å². The second kappa shape index (κ2) is 10.7. The molecular weight excluding hydrogens is 438 g/mol. The number of urea groups is 1. The average molecular weight is 468 g/mol. The van der Waals surface area contributed by atoms with Gasteiger partial charge in [-0.05, 0) is 43.0 Å². The smallest absolute Gasteiger partial charge is 0.338 e. The number of esters is 1. The van der Waals surface area contributed by atoms with Crippen LogP contribution in [-0.2, 0) is 9.53 Å². The van der Waals surface area contributed by atoms with Crippen LogP contribution in [0.5, 0.6) is 0 Å². The number of amides is 2. The molecule has 174 valence electrons. The number of hydrogen-bond donors (Lipinski definition) is 2. The number of piperazine rings is 1. The molecule has 1 fully saturated rings. The number of benzene rings is 1. The van der Waals surface area contributed by atoms with Gasteiger partial charge in [0, 0.05) is 49.5 Å². The Morgan fingerprint density at radius 1 is 1.15 bits per heavy atom. The van der Waals surface area contributed by atoms with Crippen molar-refractivity contribution in [2.75, 3.05) is 50.5 Å². The first-order valence-corrected chi connectivity index (χ1v) is 12.3. The molecule has 2 aliphatic heterocycles. The minimum absolute atomic E-state index is 0.268. The van der Waals surface area contributed by atoms with E-state index in [1.165, 1.54) is 0 Å². The maximum atomic E-state index is 13.0. The fourth-order valence-corrected chi connectivity index (χ4v) is 4.55. The SMILES string of the molecule is CCOC(=O)C1=C(CN2CCN(c3ccccn3)CC2)NC(=O)N[C@@H]1c1ccc(SC)cc1. The third-order valence-corrected chi connectivity index (χ3v) is 6.57. The lowest BCUT2D eigenvalue weighted by Crippen LogP contribution is -2.52. The van der Waals surface area contributed by atoms with Gasteiger partial charge < -0.3 is 20.3 Å². The summed E-state index contributed by atoms with van der Waals surface area (Å²) in [6.45, 7) is 5.77. The normalized spacial score (nSPS) is 19.2. The van der Waals surface area contributed by atoms with Gasteiger partial charge in [0.1, 0.15) is 5.82 Å². The Labute approximate surface area is 198 Å². The van der Waals surface area contributed by atoms with E-state index < -0.39 is 12.0 Å². The van der Waals surface area contributed by atoms with Crippen molar-refractivity contribution >= 4 is 29.6 Å². The molecule has 0 saturated carbocycles. The first kappa shape index (κ1) is 23.1. The third kappa shape index (κ3) is 5.48. The molecule has 2 amide bonds. The van der Waals surface area contributed by atoms with Crippen LogP contribution in [0.3, 0.4) is 0 Å². The molecule has 8 nitrogen and oxygen atoms in total. The molecule has 3 heterocycles. The summed E-state index contributed by atoms with van der Waals surface area (Å²) in [6, 6.07) is 12.9. The van der Waals surface area contributed by atoms with Gasteiger partial charge in [-0.2, -0.15) is 0 Å². The highest BCUT2D eigenvalue weighted by Crippen LogP contribution is 2.29. The van der Waals surface area contributed by atoms with E-state index in [1.54, 1.807) is 24.9 Å². The maximum Gasteiger partial charge on any atom is 0.338 e. The van der Waals surface area contributed by atoms with Gasteiger partial charge in [-0.1, -0.05) is 18.2 Å². The lowest BCUT2D eigenvalue weighted by Gasteiger charge is -2.37. The first-order chi connectivity index (χ1) is 16.1. The minimum atomic E-state index is -0.557. The number of nitrogens with one attached hydrogen (secondary N) is 2. The highest BCUT2D eigenvalue weighted by molar-refractivity contribution is 7.98.